The quantitative estimate of drug-likeness (QED) is 0.229. The first kappa shape index (κ1) is 19.5. The molecule has 0 saturated carbocycles. The van der Waals surface area contributed by atoms with Crippen molar-refractivity contribution in [2.75, 3.05) is 12.4 Å². The van der Waals surface area contributed by atoms with Gasteiger partial charge in [-0.25, -0.2) is 4.79 Å². The van der Waals surface area contributed by atoms with Crippen LogP contribution < -0.4 is 5.32 Å². The fourth-order valence-electron chi connectivity index (χ4n) is 2.92. The highest BCUT2D eigenvalue weighted by Gasteiger charge is 2.54. The topological polar surface area (TPSA) is 108 Å². The average molecular weight is 399 g/mol. The van der Waals surface area contributed by atoms with E-state index < -0.39 is 23.3 Å². The summed E-state index contributed by atoms with van der Waals surface area (Å²) in [6.45, 7) is -0.0416. The number of rotatable bonds is 7. The summed E-state index contributed by atoms with van der Waals surface area (Å²) in [6, 6.07) is 8.40. The fraction of sp³-hybridized carbons (Fsp3) is 0.263. The van der Waals surface area contributed by atoms with E-state index in [0.29, 0.717) is 11.3 Å². The smallest absolute Gasteiger partial charge is 0.353 e. The zero-order chi connectivity index (χ0) is 20.1. The van der Waals surface area contributed by atoms with E-state index in [2.05, 4.69) is 16.4 Å². The van der Waals surface area contributed by atoms with E-state index >= 15 is 0 Å². The molecule has 2 N–H and O–H groups in total. The highest BCUT2D eigenvalue weighted by Crippen LogP contribution is 2.39. The van der Waals surface area contributed by atoms with E-state index in [4.69, 9.17) is 11.3 Å². The summed E-state index contributed by atoms with van der Waals surface area (Å²) in [6.07, 6.45) is 6.44. The number of oxime groups is 1. The predicted molar refractivity (Wildman–Crippen MR) is 103 cm³/mol. The van der Waals surface area contributed by atoms with Gasteiger partial charge in [-0.3, -0.25) is 14.5 Å². The zero-order valence-corrected chi connectivity index (χ0v) is 15.5. The number of carboxylic acids is 1. The van der Waals surface area contributed by atoms with Gasteiger partial charge in [0.1, 0.15) is 17.1 Å². The Kier molecular flexibility index (Phi) is 6.01. The molecular weight excluding hydrogens is 382 g/mol. The van der Waals surface area contributed by atoms with Crippen LogP contribution in [0.25, 0.3) is 0 Å². The van der Waals surface area contributed by atoms with Crippen molar-refractivity contribution in [3.05, 3.63) is 47.2 Å². The lowest BCUT2D eigenvalue weighted by atomic mass is 10.0. The first-order chi connectivity index (χ1) is 13.5. The Morgan fingerprint density at radius 1 is 1.43 bits per heavy atom. The molecule has 2 heterocycles. The number of aliphatic carboxylic acids is 1. The average Bonchev–Trinajstić information content (AvgIpc) is 2.69. The summed E-state index contributed by atoms with van der Waals surface area (Å²) in [4.78, 5) is 42.4. The molecule has 8 nitrogen and oxygen atoms in total. The number of terminal acetylenes is 1. The van der Waals surface area contributed by atoms with Crippen molar-refractivity contribution in [1.29, 1.82) is 0 Å². The minimum absolute atomic E-state index is 0.0416. The number of fused-ring (bicyclic) bond motifs is 1. The predicted octanol–water partition coefficient (Wildman–Crippen LogP) is 0.603. The molecule has 28 heavy (non-hydrogen) atoms. The number of β-lactam (4-membered cyclic amide) rings is 1. The lowest BCUT2D eigenvalue weighted by Crippen LogP contribution is -2.70. The molecule has 2 aliphatic heterocycles. The van der Waals surface area contributed by atoms with Gasteiger partial charge < -0.3 is 15.3 Å². The van der Waals surface area contributed by atoms with Crippen LogP contribution in [0.3, 0.4) is 0 Å². The minimum Gasteiger partial charge on any atom is -0.477 e. The number of benzene rings is 1. The second-order valence-electron chi connectivity index (χ2n) is 6.01. The highest BCUT2D eigenvalue weighted by molar-refractivity contribution is 8.00. The molecule has 9 heteroatoms. The first-order valence-corrected chi connectivity index (χ1v) is 9.41. The van der Waals surface area contributed by atoms with Gasteiger partial charge in [0.15, 0.2) is 6.61 Å². The van der Waals surface area contributed by atoms with E-state index in [1.165, 1.54) is 22.9 Å². The molecule has 1 fully saturated rings. The molecule has 3 rings (SSSR count). The highest BCUT2D eigenvalue weighted by atomic mass is 32.2. The van der Waals surface area contributed by atoms with Crippen molar-refractivity contribution in [2.45, 2.75) is 17.8 Å². The molecule has 0 bridgehead atoms. The van der Waals surface area contributed by atoms with Crippen molar-refractivity contribution in [3.8, 4) is 12.3 Å². The van der Waals surface area contributed by atoms with Crippen molar-refractivity contribution in [3.63, 3.8) is 0 Å². The van der Waals surface area contributed by atoms with Gasteiger partial charge in [0.25, 0.3) is 5.91 Å². The Morgan fingerprint density at radius 2 is 2.18 bits per heavy atom. The van der Waals surface area contributed by atoms with Gasteiger partial charge >= 0.3 is 5.97 Å². The van der Waals surface area contributed by atoms with Crippen LogP contribution in [0.4, 0.5) is 0 Å². The molecule has 1 saturated heterocycles. The van der Waals surface area contributed by atoms with E-state index in [1.54, 1.807) is 0 Å². The largest absolute Gasteiger partial charge is 0.477 e. The molecule has 0 aromatic heterocycles. The SMILES string of the molecule is C#CCON=CC1=C(C(=O)O)N2C(=O)[C@@H](NC(=O)Cc3ccccc3)[C@H]2SC1. The first-order valence-electron chi connectivity index (χ1n) is 8.36. The van der Waals surface area contributed by atoms with Crippen LogP contribution in [0.5, 0.6) is 0 Å². The van der Waals surface area contributed by atoms with Crippen molar-refractivity contribution in [1.82, 2.24) is 10.2 Å². The molecule has 0 spiro atoms. The summed E-state index contributed by atoms with van der Waals surface area (Å²) in [7, 11) is 0. The standard InChI is InChI=1S/C19H17N3O5S/c1-2-8-27-20-10-13-11-28-18-15(17(24)22(18)16(13)19(25)26)21-14(23)9-12-6-4-3-5-7-12/h1,3-7,10,15,18H,8-9,11H2,(H,21,23)(H,25,26)/t15-,18-/m1/s1. The second kappa shape index (κ2) is 8.63. The molecule has 2 amide bonds. The van der Waals surface area contributed by atoms with Gasteiger partial charge in [-0.1, -0.05) is 41.4 Å². The van der Waals surface area contributed by atoms with Gasteiger partial charge in [-0.2, -0.15) is 0 Å². The minimum atomic E-state index is -1.24. The lowest BCUT2D eigenvalue weighted by molar-refractivity contribution is -0.150. The third kappa shape index (κ3) is 4.02. The van der Waals surface area contributed by atoms with Crippen LogP contribution in [0.15, 0.2) is 46.8 Å². The van der Waals surface area contributed by atoms with E-state index in [1.807, 2.05) is 30.3 Å². The molecular formula is C19H17N3O5S. The van der Waals surface area contributed by atoms with Gasteiger partial charge in [0.05, 0.1) is 12.6 Å². The van der Waals surface area contributed by atoms with Crippen LogP contribution in [-0.2, 0) is 25.6 Å². The molecule has 144 valence electrons. The van der Waals surface area contributed by atoms with Crippen LogP contribution >= 0.6 is 11.8 Å². The molecule has 0 radical (unpaired) electrons. The van der Waals surface area contributed by atoms with Crippen LogP contribution in [0, 0.1) is 12.3 Å². The normalized spacial score (nSPS) is 21.0. The molecule has 1 aromatic carbocycles. The van der Waals surface area contributed by atoms with Crippen LogP contribution in [-0.4, -0.2) is 57.8 Å². The fourth-order valence-corrected chi connectivity index (χ4v) is 4.22. The van der Waals surface area contributed by atoms with Crippen LogP contribution in [0.1, 0.15) is 5.56 Å². The molecule has 2 atom stereocenters. The monoisotopic (exact) mass is 399 g/mol. The third-order valence-electron chi connectivity index (χ3n) is 4.16. The Bertz CT molecular complexity index is 891. The molecule has 2 aliphatic rings. The summed E-state index contributed by atoms with van der Waals surface area (Å²) in [5.74, 6) is 0.544. The number of hydrogen-bond donors (Lipinski definition) is 2. The Balaban J connectivity index is 1.68. The third-order valence-corrected chi connectivity index (χ3v) is 5.46. The Hall–Kier alpha value is -3.25. The molecule has 0 unspecified atom stereocenters. The van der Waals surface area contributed by atoms with E-state index in [0.717, 1.165) is 5.56 Å². The van der Waals surface area contributed by atoms with E-state index in [-0.39, 0.29) is 24.6 Å². The summed E-state index contributed by atoms with van der Waals surface area (Å²) < 4.78 is 0. The van der Waals surface area contributed by atoms with Gasteiger partial charge in [-0.15, -0.1) is 18.2 Å². The number of nitrogens with one attached hydrogen (secondary N) is 1. The Morgan fingerprint density at radius 3 is 2.86 bits per heavy atom. The number of carbonyl (C=O) groups excluding carboxylic acids is 2. The number of amides is 2. The lowest BCUT2D eigenvalue weighted by Gasteiger charge is -2.49. The molecule has 1 aromatic rings. The maximum atomic E-state index is 12.5. The van der Waals surface area contributed by atoms with E-state index in [9.17, 15) is 19.5 Å². The number of carbonyl (C=O) groups is 3. The van der Waals surface area contributed by atoms with Crippen molar-refractivity contribution >= 4 is 35.8 Å². The van der Waals surface area contributed by atoms with Gasteiger partial charge in [0, 0.05) is 11.3 Å². The number of hydrogen-bond acceptors (Lipinski definition) is 6. The van der Waals surface area contributed by atoms with Crippen molar-refractivity contribution in [2.24, 2.45) is 5.16 Å². The van der Waals surface area contributed by atoms with Crippen molar-refractivity contribution < 1.29 is 24.3 Å². The number of nitrogens with zero attached hydrogens (tertiary/aromatic N) is 2. The summed E-state index contributed by atoms with van der Waals surface area (Å²) in [5, 5.41) is 15.4. The maximum absolute atomic E-state index is 12.5. The van der Waals surface area contributed by atoms with Gasteiger partial charge in [-0.05, 0) is 5.56 Å². The van der Waals surface area contributed by atoms with Crippen LogP contribution in [0.2, 0.25) is 0 Å². The maximum Gasteiger partial charge on any atom is 0.353 e. The number of carboxylic acid groups (broad SMARTS) is 1. The summed E-state index contributed by atoms with van der Waals surface area (Å²) in [5.41, 5.74) is 1.01. The number of thioether (sulfide) groups is 1. The van der Waals surface area contributed by atoms with Gasteiger partial charge in [0.2, 0.25) is 5.91 Å². The summed E-state index contributed by atoms with van der Waals surface area (Å²) >= 11 is 1.35. The second-order valence-corrected chi connectivity index (χ2v) is 7.11. The Labute approximate surface area is 165 Å². The molecule has 0 aliphatic carbocycles. The zero-order valence-electron chi connectivity index (χ0n) is 14.7.